The van der Waals surface area contributed by atoms with Crippen molar-refractivity contribution in [3.8, 4) is 34.0 Å². The fourth-order valence-corrected chi connectivity index (χ4v) is 22.3. The first-order valence-electron chi connectivity index (χ1n) is 43.3. The van der Waals surface area contributed by atoms with Gasteiger partial charge in [0.15, 0.2) is 0 Å². The van der Waals surface area contributed by atoms with Crippen molar-refractivity contribution >= 4 is 106 Å². The molecule has 682 valence electrons. The van der Waals surface area contributed by atoms with Crippen molar-refractivity contribution in [3.05, 3.63) is 226 Å². The summed E-state index contributed by atoms with van der Waals surface area (Å²) in [4.78, 5) is 65.1. The molecule has 0 radical (unpaired) electrons. The van der Waals surface area contributed by atoms with Gasteiger partial charge in [0.25, 0.3) is 33.7 Å². The van der Waals surface area contributed by atoms with Gasteiger partial charge in [0.05, 0.1) is 48.5 Å². The Morgan fingerprint density at radius 3 is 1.41 bits per heavy atom. The predicted molar refractivity (Wildman–Crippen MR) is 500 cm³/mol. The first kappa shape index (κ1) is 104. The largest absolute Gasteiger partial charge is 2.00 e. The molecule has 6 aromatic heterocycles. The van der Waals surface area contributed by atoms with Gasteiger partial charge in [-0.2, -0.15) is 14.1 Å². The first-order chi connectivity index (χ1) is 60.1. The van der Waals surface area contributed by atoms with Gasteiger partial charge in [0.1, 0.15) is 46.0 Å². The monoisotopic (exact) mass is 1930 g/mol. The molecule has 10 aromatic rings. The second kappa shape index (κ2) is 48.7. The number of imidazole rings is 2. The zero-order valence-corrected chi connectivity index (χ0v) is 78.4. The molecular weight excluding hydrogens is 1810 g/mol. The van der Waals surface area contributed by atoms with Crippen molar-refractivity contribution < 1.29 is 102 Å². The predicted octanol–water partition coefficient (Wildman–Crippen LogP) is 12.9. The van der Waals surface area contributed by atoms with Crippen LogP contribution >= 0.6 is 23.9 Å². The quantitative estimate of drug-likeness (QED) is 0.0137. The molecular formula is C92H121B3BrN11O17PPdS+. The average molecular weight is 1930 g/mol. The normalized spacial score (nSPS) is 19.0. The minimum absolute atomic E-state index is 0. The van der Waals surface area contributed by atoms with E-state index in [0.29, 0.717) is 63.6 Å². The van der Waals surface area contributed by atoms with Gasteiger partial charge in [0.2, 0.25) is 11.8 Å². The van der Waals surface area contributed by atoms with Crippen LogP contribution in [0, 0.1) is 16.9 Å². The molecule has 0 bridgehead atoms. The summed E-state index contributed by atoms with van der Waals surface area (Å²) in [5, 5.41) is 72.5. The number of carbonyl (C=O) groups is 4. The molecule has 127 heavy (non-hydrogen) atoms. The third-order valence-electron chi connectivity index (χ3n) is 23.5. The van der Waals surface area contributed by atoms with Crippen molar-refractivity contribution in [2.24, 2.45) is 22.3 Å². The van der Waals surface area contributed by atoms with E-state index in [1.165, 1.54) is 88.1 Å². The van der Waals surface area contributed by atoms with Crippen LogP contribution in [0.5, 0.6) is 11.8 Å². The summed E-state index contributed by atoms with van der Waals surface area (Å²) in [6.45, 7) is 18.1. The molecule has 4 amide bonds. The molecule has 35 heteroatoms. The fraction of sp³-hybridized carbons (Fsp3) is 0.435. The van der Waals surface area contributed by atoms with Gasteiger partial charge in [-0.1, -0.05) is 139 Å². The number of primary amides is 2. The molecule has 0 atom stereocenters. The van der Waals surface area contributed by atoms with Gasteiger partial charge in [-0.25, -0.2) is 19.9 Å². The number of rotatable bonds is 21. The molecule has 0 unspecified atom stereocenters. The van der Waals surface area contributed by atoms with Crippen molar-refractivity contribution in [2.45, 2.75) is 224 Å². The van der Waals surface area contributed by atoms with Crippen LogP contribution < -0.4 is 42.3 Å². The van der Waals surface area contributed by atoms with E-state index in [-0.39, 0.29) is 92.0 Å². The van der Waals surface area contributed by atoms with Crippen LogP contribution in [0.2, 0.25) is 0 Å². The van der Waals surface area contributed by atoms with Gasteiger partial charge < -0.3 is 77.7 Å². The number of nitrogens with zero attached hydrogens (tertiary/aromatic N) is 6. The molecule has 2 spiro atoms. The Morgan fingerprint density at radius 2 is 1.01 bits per heavy atom. The molecule has 4 aromatic carbocycles. The molecule has 16 rings (SSSR count). The Kier molecular flexibility index (Phi) is 39.7. The molecule has 0 saturated heterocycles. The topological polar surface area (TPSA) is 463 Å². The van der Waals surface area contributed by atoms with Crippen molar-refractivity contribution in [3.63, 3.8) is 0 Å². The number of aromatic nitrogens is 6. The second-order valence-electron chi connectivity index (χ2n) is 33.9. The number of benzene rings is 4. The average Bonchev–Trinajstić information content (AvgIpc) is 1.01. The molecule has 0 aliphatic heterocycles. The van der Waals surface area contributed by atoms with Crippen molar-refractivity contribution in [2.75, 3.05) is 19.5 Å². The number of hydrogen-bond donors (Lipinski definition) is 13. The number of aliphatic hydroxyl groups is 2. The zero-order valence-electron chi connectivity index (χ0n) is 73.5. The Bertz CT molecular complexity index is 5270. The van der Waals surface area contributed by atoms with E-state index in [9.17, 15) is 37.6 Å². The summed E-state index contributed by atoms with van der Waals surface area (Å²) in [6, 6.07) is 46.8. The van der Waals surface area contributed by atoms with E-state index >= 15 is 0 Å². The Hall–Kier alpha value is -8.80. The summed E-state index contributed by atoms with van der Waals surface area (Å²) in [6.07, 6.45) is 32.1. The van der Waals surface area contributed by atoms with E-state index in [0.717, 1.165) is 83.9 Å². The molecule has 6 saturated carbocycles. The number of nitrogens with two attached hydrogens (primary N) is 2. The molecule has 6 fully saturated rings. The summed E-state index contributed by atoms with van der Waals surface area (Å²) in [5.41, 5.74) is 34.1. The number of halogens is 1. The summed E-state index contributed by atoms with van der Waals surface area (Å²) >= 11 is 3.41. The van der Waals surface area contributed by atoms with Crippen LogP contribution in [0.25, 0.3) is 39.3 Å². The van der Waals surface area contributed by atoms with Gasteiger partial charge in [-0.15, -0.1) is 41.5 Å². The van der Waals surface area contributed by atoms with Crippen LogP contribution in [0.4, 0.5) is 5.69 Å². The van der Waals surface area contributed by atoms with Gasteiger partial charge >= 0.3 is 41.6 Å². The standard InChI is InChI=1S/C33H49P.C21H22BN5O5.C21H20BrN5O3.C12H9N.C2H6O2.C2H6.CH4O3S.B2H4O4.Pd/c1-23(2)26-21-30(24(3)4)33(31(22-26)25(5)6)29-19-13-14-20-32(29)34(27-15-9-7-10-16-27)28-17-11-8-12-18-28;23-18(28)15-2-1-4-24-20(15)32-14-9-21(10-14)7-13(8-21)26-19(29)16-11-25-17-6-12(22(30)31)3-5-27(16)17;22-12-3-5-27-16(11-25-17(27)6-12)19(29)26-13-7-21(8-13)9-14(10-21)30-20-15(18(23)28)2-1-4-24-20;13-12-9-5-4-8-11(12)10-6-2-1-3-7-10;3-1-2-4;1-2;1-5(2,3)4;3-1(4)2(5)6;/h13-14,19-25,27-28H,7-12,15-18H2,1-6H3;1-6,11,13-14,30-31H,7-10H2,(H2,23,28)(H,26,29);1-6,11,13-14H,7-10H2,(H2,23,28)(H,26,29);1-6,8-9,13H;3-4H,1-2H2;1-2H3;1H3,(H,2,3,4);3-6H;/q;;;-2;;;;;+2/p+1. The maximum absolute atomic E-state index is 12.7. The van der Waals surface area contributed by atoms with Gasteiger partial charge in [-0.05, 0) is 214 Å². The number of pyridine rings is 4. The van der Waals surface area contributed by atoms with Crippen LogP contribution in [0.15, 0.2) is 175 Å². The molecule has 6 aliphatic rings. The smallest absolute Gasteiger partial charge is 0.706 e. The van der Waals surface area contributed by atoms with Crippen molar-refractivity contribution in [1.82, 2.24) is 39.4 Å². The Labute approximate surface area is 769 Å². The minimum Gasteiger partial charge on any atom is -0.706 e. The zero-order chi connectivity index (χ0) is 91.7. The number of aliphatic hydroxyl groups excluding tert-OH is 2. The van der Waals surface area contributed by atoms with E-state index in [4.69, 9.17) is 61.5 Å². The summed E-state index contributed by atoms with van der Waals surface area (Å²) in [7, 11) is -9.94. The molecule has 6 heterocycles. The third kappa shape index (κ3) is 28.8. The number of carbonyl (C=O) groups excluding carboxylic acids is 4. The van der Waals surface area contributed by atoms with Gasteiger partial charge in [-0.3, -0.25) is 32.5 Å². The van der Waals surface area contributed by atoms with Crippen LogP contribution in [-0.4, -0.2) is 182 Å². The number of amides is 4. The number of fused-ring (bicyclic) bond motifs is 2. The Balaban J connectivity index is 0.000000202. The Morgan fingerprint density at radius 1 is 0.583 bits per heavy atom. The first-order valence-corrected chi connectivity index (χ1v) is 47.6. The maximum Gasteiger partial charge on any atom is 2.00 e. The van der Waals surface area contributed by atoms with E-state index < -0.39 is 51.0 Å². The minimum atomic E-state index is -3.67. The third-order valence-corrected chi connectivity index (χ3v) is 27.9. The fourth-order valence-electron chi connectivity index (χ4n) is 17.5. The van der Waals surface area contributed by atoms with Gasteiger partial charge in [0, 0.05) is 54.8 Å². The molecule has 6 aliphatic carbocycles. The van der Waals surface area contributed by atoms with Crippen molar-refractivity contribution in [1.29, 1.82) is 0 Å². The SMILES string of the molecule is CC.CC(C)c1cc(C(C)C)c(-c2ccccc2[PH+](C2CCCCC2)C2CCCCC2)c(C(C)C)c1.CS(=O)(=O)O.NC(=O)c1cccnc1OC1CC2(CC(NC(=O)c3cnc4cc(B(O)O)ccn34)C2)C1.NC(=O)c1cccnc1OC1CC2(CC(NC(=O)c3cnc4cc(Br)ccn34)C2)C1.OB(O)B(O)O.OCCO.[NH-]c1ccccc1-c1[c-]cccc1.[Pd+2]. The van der Waals surface area contributed by atoms with Crippen LogP contribution in [0.3, 0.4) is 0 Å². The number of hydrogen-bond acceptors (Lipinski definition) is 20. The summed E-state index contributed by atoms with van der Waals surface area (Å²) in [5.74, 6) is 0.782. The number of nitrogens with one attached hydrogen (secondary N) is 3. The van der Waals surface area contributed by atoms with E-state index in [2.05, 4.69) is 131 Å². The van der Waals surface area contributed by atoms with E-state index in [1.807, 2.05) is 74.6 Å². The second-order valence-corrected chi connectivity index (χ2v) is 39.3. The maximum atomic E-state index is 12.7. The molecule has 16 N–H and O–H groups in total. The van der Waals surface area contributed by atoms with Crippen LogP contribution in [0.1, 0.15) is 247 Å². The summed E-state index contributed by atoms with van der Waals surface area (Å²) < 4.78 is 42.0. The van der Waals surface area contributed by atoms with E-state index in [1.54, 1.807) is 91.5 Å². The number of ether oxygens (including phenoxy) is 2. The molecule has 28 nitrogen and oxygen atoms in total. The van der Waals surface area contributed by atoms with Crippen LogP contribution in [-0.2, 0) is 30.5 Å².